The number of nitrogens with two attached hydrogens (primary N) is 1. The molecule has 2 N–H and O–H groups in total. The fourth-order valence-corrected chi connectivity index (χ4v) is 2.36. The summed E-state index contributed by atoms with van der Waals surface area (Å²) in [6.07, 6.45) is 4.57. The molecule has 1 aliphatic carbocycles. The van der Waals surface area contributed by atoms with Crippen LogP contribution in [0, 0.1) is 0 Å². The third-order valence-corrected chi connectivity index (χ3v) is 4.03. The topological polar surface area (TPSA) is 38.9 Å². The summed E-state index contributed by atoms with van der Waals surface area (Å²) in [6.45, 7) is 4.38. The highest BCUT2D eigenvalue weighted by Gasteiger charge is 2.37. The first kappa shape index (κ1) is 10.1. The van der Waals surface area contributed by atoms with E-state index >= 15 is 0 Å². The lowest BCUT2D eigenvalue weighted by molar-refractivity contribution is 0.603. The van der Waals surface area contributed by atoms with Crippen molar-refractivity contribution in [1.29, 1.82) is 0 Å². The van der Waals surface area contributed by atoms with Gasteiger partial charge in [-0.25, -0.2) is 4.98 Å². The Morgan fingerprint density at radius 1 is 1.57 bits per heavy atom. The molecular formula is C11H18N2S. The Balaban J connectivity index is 1.90. The molecule has 1 fully saturated rings. The van der Waals surface area contributed by atoms with E-state index in [-0.39, 0.29) is 5.54 Å². The van der Waals surface area contributed by atoms with Crippen LogP contribution in [0.5, 0.6) is 0 Å². The van der Waals surface area contributed by atoms with E-state index in [1.54, 1.807) is 11.3 Å². The van der Waals surface area contributed by atoms with E-state index in [4.69, 9.17) is 5.73 Å². The number of rotatable bonds is 4. The summed E-state index contributed by atoms with van der Waals surface area (Å²) >= 11 is 1.78. The Hall–Kier alpha value is -0.410. The van der Waals surface area contributed by atoms with E-state index in [1.165, 1.54) is 23.5 Å². The Kier molecular flexibility index (Phi) is 2.62. The SMILES string of the molecule is CC(C)c1nc(CCC2(N)CC2)cs1. The molecule has 1 heterocycles. The predicted molar refractivity (Wildman–Crippen MR) is 60.7 cm³/mol. The van der Waals surface area contributed by atoms with Gasteiger partial charge < -0.3 is 5.73 Å². The highest BCUT2D eigenvalue weighted by Crippen LogP contribution is 2.36. The van der Waals surface area contributed by atoms with Crippen molar-refractivity contribution in [2.45, 2.75) is 51.0 Å². The molecule has 2 nitrogen and oxygen atoms in total. The van der Waals surface area contributed by atoms with Crippen molar-refractivity contribution in [2.75, 3.05) is 0 Å². The Labute approximate surface area is 89.5 Å². The predicted octanol–water partition coefficient (Wildman–Crippen LogP) is 2.69. The van der Waals surface area contributed by atoms with Gasteiger partial charge >= 0.3 is 0 Å². The maximum Gasteiger partial charge on any atom is 0.0953 e. The molecule has 1 aliphatic rings. The highest BCUT2D eigenvalue weighted by molar-refractivity contribution is 7.09. The minimum Gasteiger partial charge on any atom is -0.325 e. The van der Waals surface area contributed by atoms with Crippen molar-refractivity contribution >= 4 is 11.3 Å². The summed E-state index contributed by atoms with van der Waals surface area (Å²) in [6, 6.07) is 0. The molecule has 2 rings (SSSR count). The van der Waals surface area contributed by atoms with Gasteiger partial charge in [0.1, 0.15) is 0 Å². The van der Waals surface area contributed by atoms with E-state index < -0.39 is 0 Å². The second kappa shape index (κ2) is 3.63. The van der Waals surface area contributed by atoms with Crippen LogP contribution in [0.1, 0.15) is 49.7 Å². The monoisotopic (exact) mass is 210 g/mol. The van der Waals surface area contributed by atoms with Crippen molar-refractivity contribution < 1.29 is 0 Å². The second-order valence-corrected chi connectivity index (χ2v) is 5.58. The van der Waals surface area contributed by atoms with E-state index in [9.17, 15) is 0 Å². The zero-order valence-electron chi connectivity index (χ0n) is 8.92. The van der Waals surface area contributed by atoms with Gasteiger partial charge in [0, 0.05) is 16.8 Å². The summed E-state index contributed by atoms with van der Waals surface area (Å²) in [5.74, 6) is 0.557. The number of thiazole rings is 1. The molecule has 0 amide bonds. The average molecular weight is 210 g/mol. The lowest BCUT2D eigenvalue weighted by Gasteiger charge is -2.05. The fourth-order valence-electron chi connectivity index (χ4n) is 1.49. The highest BCUT2D eigenvalue weighted by atomic mass is 32.1. The smallest absolute Gasteiger partial charge is 0.0953 e. The van der Waals surface area contributed by atoms with Gasteiger partial charge in [-0.05, 0) is 25.7 Å². The van der Waals surface area contributed by atoms with Gasteiger partial charge in [-0.2, -0.15) is 0 Å². The van der Waals surface area contributed by atoms with Crippen molar-refractivity contribution in [3.8, 4) is 0 Å². The van der Waals surface area contributed by atoms with Gasteiger partial charge in [0.25, 0.3) is 0 Å². The number of aryl methyl sites for hydroxylation is 1. The number of hydrogen-bond donors (Lipinski definition) is 1. The number of aromatic nitrogens is 1. The first-order valence-corrected chi connectivity index (χ1v) is 6.20. The van der Waals surface area contributed by atoms with Gasteiger partial charge in [-0.15, -0.1) is 11.3 Å². The van der Waals surface area contributed by atoms with E-state index in [1.807, 2.05) is 0 Å². The first-order chi connectivity index (χ1) is 6.59. The van der Waals surface area contributed by atoms with E-state index in [0.29, 0.717) is 5.92 Å². The molecule has 3 heteroatoms. The summed E-state index contributed by atoms with van der Waals surface area (Å²) in [4.78, 5) is 4.60. The molecule has 1 aromatic heterocycles. The maximum absolute atomic E-state index is 6.04. The Bertz CT molecular complexity index is 313. The summed E-state index contributed by atoms with van der Waals surface area (Å²) < 4.78 is 0. The normalized spacial score (nSPS) is 18.9. The molecule has 0 spiro atoms. The first-order valence-electron chi connectivity index (χ1n) is 5.32. The summed E-state index contributed by atoms with van der Waals surface area (Å²) in [7, 11) is 0. The zero-order valence-corrected chi connectivity index (χ0v) is 9.73. The van der Waals surface area contributed by atoms with Crippen LogP contribution in [0.2, 0.25) is 0 Å². The minimum atomic E-state index is 0.168. The molecule has 14 heavy (non-hydrogen) atoms. The van der Waals surface area contributed by atoms with Crippen LogP contribution in [0.3, 0.4) is 0 Å². The molecule has 0 saturated heterocycles. The van der Waals surface area contributed by atoms with Crippen molar-refractivity contribution in [3.05, 3.63) is 16.1 Å². The molecule has 0 radical (unpaired) electrons. The number of nitrogens with zero attached hydrogens (tertiary/aromatic N) is 1. The fraction of sp³-hybridized carbons (Fsp3) is 0.727. The van der Waals surface area contributed by atoms with Gasteiger partial charge in [0.2, 0.25) is 0 Å². The van der Waals surface area contributed by atoms with Crippen LogP contribution in [0.25, 0.3) is 0 Å². The molecule has 0 atom stereocenters. The molecule has 1 saturated carbocycles. The second-order valence-electron chi connectivity index (χ2n) is 4.69. The van der Waals surface area contributed by atoms with Gasteiger partial charge in [0.15, 0.2) is 0 Å². The molecule has 0 unspecified atom stereocenters. The minimum absolute atomic E-state index is 0.168. The molecular weight excluding hydrogens is 192 g/mol. The lowest BCUT2D eigenvalue weighted by atomic mass is 10.1. The van der Waals surface area contributed by atoms with Gasteiger partial charge in [-0.3, -0.25) is 0 Å². The van der Waals surface area contributed by atoms with Crippen LogP contribution in [-0.2, 0) is 6.42 Å². The van der Waals surface area contributed by atoms with Crippen LogP contribution >= 0.6 is 11.3 Å². The summed E-state index contributed by atoms with van der Waals surface area (Å²) in [5.41, 5.74) is 7.44. The van der Waals surface area contributed by atoms with E-state index in [0.717, 1.165) is 12.8 Å². The largest absolute Gasteiger partial charge is 0.325 e. The standard InChI is InChI=1S/C11H18N2S/c1-8(2)10-13-9(7-14-10)3-4-11(12)5-6-11/h7-8H,3-6,12H2,1-2H3. The molecule has 0 aromatic carbocycles. The van der Waals surface area contributed by atoms with Crippen LogP contribution < -0.4 is 5.73 Å². The summed E-state index contributed by atoms with van der Waals surface area (Å²) in [5, 5.41) is 3.43. The van der Waals surface area contributed by atoms with Gasteiger partial charge in [0.05, 0.1) is 10.7 Å². The van der Waals surface area contributed by atoms with Gasteiger partial charge in [-0.1, -0.05) is 13.8 Å². The van der Waals surface area contributed by atoms with Crippen molar-refractivity contribution in [3.63, 3.8) is 0 Å². The average Bonchev–Trinajstić information content (AvgIpc) is 2.68. The Morgan fingerprint density at radius 3 is 2.79 bits per heavy atom. The Morgan fingerprint density at radius 2 is 2.29 bits per heavy atom. The third-order valence-electron chi connectivity index (χ3n) is 2.83. The van der Waals surface area contributed by atoms with Crippen LogP contribution in [0.4, 0.5) is 0 Å². The molecule has 1 aromatic rings. The molecule has 78 valence electrons. The third kappa shape index (κ3) is 2.34. The lowest BCUT2D eigenvalue weighted by Crippen LogP contribution is -2.22. The maximum atomic E-state index is 6.04. The van der Waals surface area contributed by atoms with Crippen LogP contribution in [-0.4, -0.2) is 10.5 Å². The number of hydrogen-bond acceptors (Lipinski definition) is 3. The zero-order chi connectivity index (χ0) is 10.2. The van der Waals surface area contributed by atoms with Crippen molar-refractivity contribution in [1.82, 2.24) is 4.98 Å². The van der Waals surface area contributed by atoms with Crippen molar-refractivity contribution in [2.24, 2.45) is 5.73 Å². The quantitative estimate of drug-likeness (QED) is 0.830. The molecule has 0 aliphatic heterocycles. The van der Waals surface area contributed by atoms with Crippen LogP contribution in [0.15, 0.2) is 5.38 Å². The molecule has 0 bridgehead atoms. The van der Waals surface area contributed by atoms with E-state index in [2.05, 4.69) is 24.2 Å².